The standard InChI is InChI=1S/C16H28N4/c1-12-6-5-7-16(9-12,20(3)4)15(19-17)14-8-13(2)10-18-11-14/h8,10-12,15,19H,5-7,9,17H2,1-4H3. The number of aryl methyl sites for hydroxylation is 1. The van der Waals surface area contributed by atoms with E-state index in [9.17, 15) is 0 Å². The Hall–Kier alpha value is -0.970. The van der Waals surface area contributed by atoms with Gasteiger partial charge in [-0.1, -0.05) is 25.8 Å². The number of hydrazine groups is 1. The molecule has 4 heteroatoms. The molecule has 0 aromatic carbocycles. The fourth-order valence-electron chi connectivity index (χ4n) is 3.79. The number of aromatic nitrogens is 1. The van der Waals surface area contributed by atoms with Crippen molar-refractivity contribution in [2.45, 2.75) is 51.1 Å². The SMILES string of the molecule is Cc1cncc(C(NN)C2(N(C)C)CCCC(C)C2)c1. The van der Waals surface area contributed by atoms with E-state index < -0.39 is 0 Å². The normalized spacial score (nSPS) is 28.6. The minimum absolute atomic E-state index is 0.0713. The van der Waals surface area contributed by atoms with Crippen LogP contribution in [0.2, 0.25) is 0 Å². The van der Waals surface area contributed by atoms with Crippen LogP contribution in [0.25, 0.3) is 0 Å². The molecule has 3 unspecified atom stereocenters. The summed E-state index contributed by atoms with van der Waals surface area (Å²) in [4.78, 5) is 6.70. The molecule has 1 heterocycles. The number of hydrogen-bond donors (Lipinski definition) is 2. The van der Waals surface area contributed by atoms with Gasteiger partial charge in [0.05, 0.1) is 6.04 Å². The lowest BCUT2D eigenvalue weighted by atomic mass is 9.70. The van der Waals surface area contributed by atoms with Crippen molar-refractivity contribution in [1.29, 1.82) is 0 Å². The van der Waals surface area contributed by atoms with Gasteiger partial charge in [0.2, 0.25) is 0 Å². The van der Waals surface area contributed by atoms with Gasteiger partial charge in [-0.15, -0.1) is 0 Å². The molecule has 1 aromatic heterocycles. The number of nitrogens with zero attached hydrogens (tertiary/aromatic N) is 2. The molecule has 2 rings (SSSR count). The summed E-state index contributed by atoms with van der Waals surface area (Å²) in [7, 11) is 4.34. The number of nitrogens with one attached hydrogen (secondary N) is 1. The Morgan fingerprint density at radius 1 is 1.45 bits per heavy atom. The lowest BCUT2D eigenvalue weighted by molar-refractivity contribution is 0.0365. The first-order chi connectivity index (χ1) is 9.49. The van der Waals surface area contributed by atoms with E-state index in [0.29, 0.717) is 0 Å². The Balaban J connectivity index is 2.40. The Morgan fingerprint density at radius 3 is 2.75 bits per heavy atom. The number of nitrogens with two attached hydrogens (primary N) is 1. The van der Waals surface area contributed by atoms with Crippen molar-refractivity contribution in [3.05, 3.63) is 29.6 Å². The van der Waals surface area contributed by atoms with Crippen LogP contribution in [-0.2, 0) is 0 Å². The Morgan fingerprint density at radius 2 is 2.20 bits per heavy atom. The molecule has 4 nitrogen and oxygen atoms in total. The molecule has 0 saturated heterocycles. The van der Waals surface area contributed by atoms with E-state index in [1.54, 1.807) is 0 Å². The predicted molar refractivity (Wildman–Crippen MR) is 83.1 cm³/mol. The van der Waals surface area contributed by atoms with Gasteiger partial charge in [-0.25, -0.2) is 0 Å². The molecule has 0 amide bonds. The first-order valence-corrected chi connectivity index (χ1v) is 7.54. The van der Waals surface area contributed by atoms with E-state index >= 15 is 0 Å². The van der Waals surface area contributed by atoms with Crippen LogP contribution in [0.15, 0.2) is 18.5 Å². The first-order valence-electron chi connectivity index (χ1n) is 7.54. The summed E-state index contributed by atoms with van der Waals surface area (Å²) in [6.45, 7) is 4.43. The number of rotatable bonds is 4. The molecule has 0 aliphatic heterocycles. The molecule has 1 aliphatic rings. The summed E-state index contributed by atoms with van der Waals surface area (Å²) >= 11 is 0. The molecule has 20 heavy (non-hydrogen) atoms. The zero-order chi connectivity index (χ0) is 14.8. The second-order valence-electron chi connectivity index (χ2n) is 6.59. The molecule has 0 radical (unpaired) electrons. The molecule has 3 N–H and O–H groups in total. The molecule has 1 aliphatic carbocycles. The van der Waals surface area contributed by atoms with Crippen molar-refractivity contribution in [2.24, 2.45) is 11.8 Å². The third-order valence-corrected chi connectivity index (χ3v) is 4.83. The molecule has 3 atom stereocenters. The first kappa shape index (κ1) is 15.4. The molecule has 1 saturated carbocycles. The van der Waals surface area contributed by atoms with Crippen LogP contribution >= 0.6 is 0 Å². The summed E-state index contributed by atoms with van der Waals surface area (Å²) in [5.41, 5.74) is 5.52. The highest BCUT2D eigenvalue weighted by Crippen LogP contribution is 2.43. The third kappa shape index (κ3) is 2.87. The second kappa shape index (κ2) is 6.20. The Labute approximate surface area is 122 Å². The number of hydrogen-bond acceptors (Lipinski definition) is 4. The summed E-state index contributed by atoms with van der Waals surface area (Å²) in [6, 6.07) is 2.31. The van der Waals surface area contributed by atoms with Gasteiger partial charge in [0.25, 0.3) is 0 Å². The van der Waals surface area contributed by atoms with Crippen molar-refractivity contribution >= 4 is 0 Å². The van der Waals surface area contributed by atoms with Crippen molar-refractivity contribution in [2.75, 3.05) is 14.1 Å². The minimum Gasteiger partial charge on any atom is -0.302 e. The van der Waals surface area contributed by atoms with Crippen LogP contribution < -0.4 is 11.3 Å². The summed E-state index contributed by atoms with van der Waals surface area (Å²) < 4.78 is 0. The van der Waals surface area contributed by atoms with Crippen LogP contribution in [0, 0.1) is 12.8 Å². The molecule has 1 fully saturated rings. The van der Waals surface area contributed by atoms with Crippen LogP contribution in [0.4, 0.5) is 0 Å². The van der Waals surface area contributed by atoms with Crippen molar-refractivity contribution < 1.29 is 0 Å². The van der Waals surface area contributed by atoms with Crippen molar-refractivity contribution in [3.8, 4) is 0 Å². The van der Waals surface area contributed by atoms with Crippen molar-refractivity contribution in [3.63, 3.8) is 0 Å². The van der Waals surface area contributed by atoms with E-state index in [0.717, 1.165) is 5.92 Å². The highest BCUT2D eigenvalue weighted by Gasteiger charge is 2.44. The fraction of sp³-hybridized carbons (Fsp3) is 0.688. The molecule has 0 spiro atoms. The monoisotopic (exact) mass is 276 g/mol. The van der Waals surface area contributed by atoms with Gasteiger partial charge >= 0.3 is 0 Å². The molecule has 1 aromatic rings. The van der Waals surface area contributed by atoms with Gasteiger partial charge in [0.15, 0.2) is 0 Å². The molecule has 0 bridgehead atoms. The highest BCUT2D eigenvalue weighted by molar-refractivity contribution is 5.24. The van der Waals surface area contributed by atoms with Gasteiger partial charge < -0.3 is 4.90 Å². The topological polar surface area (TPSA) is 54.2 Å². The average Bonchev–Trinajstić information content (AvgIpc) is 2.39. The van der Waals surface area contributed by atoms with E-state index in [1.165, 1.54) is 36.8 Å². The van der Waals surface area contributed by atoms with Crippen molar-refractivity contribution in [1.82, 2.24) is 15.3 Å². The molecular formula is C16H28N4. The van der Waals surface area contributed by atoms with Gasteiger partial charge in [-0.05, 0) is 50.9 Å². The van der Waals surface area contributed by atoms with Gasteiger partial charge in [-0.3, -0.25) is 16.3 Å². The Bertz CT molecular complexity index is 446. The van der Waals surface area contributed by atoms with Gasteiger partial charge in [0, 0.05) is 17.9 Å². The maximum atomic E-state index is 5.95. The third-order valence-electron chi connectivity index (χ3n) is 4.83. The van der Waals surface area contributed by atoms with E-state index in [2.05, 4.69) is 49.3 Å². The average molecular weight is 276 g/mol. The van der Waals surface area contributed by atoms with Crippen LogP contribution in [0.3, 0.4) is 0 Å². The lowest BCUT2D eigenvalue weighted by Crippen LogP contribution is -2.57. The minimum atomic E-state index is 0.0713. The van der Waals surface area contributed by atoms with Crippen LogP contribution in [-0.4, -0.2) is 29.5 Å². The zero-order valence-electron chi connectivity index (χ0n) is 13.2. The summed E-state index contributed by atoms with van der Waals surface area (Å²) in [6.07, 6.45) is 8.76. The van der Waals surface area contributed by atoms with Gasteiger partial charge in [-0.2, -0.15) is 0 Å². The van der Waals surface area contributed by atoms with E-state index in [4.69, 9.17) is 5.84 Å². The van der Waals surface area contributed by atoms with Crippen LogP contribution in [0.5, 0.6) is 0 Å². The molecule has 112 valence electrons. The molecular weight excluding hydrogens is 248 g/mol. The number of likely N-dealkylation sites (N-methyl/N-ethyl adjacent to an activating group) is 1. The second-order valence-corrected chi connectivity index (χ2v) is 6.59. The smallest absolute Gasteiger partial charge is 0.0658 e. The van der Waals surface area contributed by atoms with E-state index in [-0.39, 0.29) is 11.6 Å². The summed E-state index contributed by atoms with van der Waals surface area (Å²) in [5.74, 6) is 6.69. The maximum Gasteiger partial charge on any atom is 0.0658 e. The lowest BCUT2D eigenvalue weighted by Gasteiger charge is -2.50. The predicted octanol–water partition coefficient (Wildman–Crippen LogP) is 2.40. The maximum absolute atomic E-state index is 5.95. The van der Waals surface area contributed by atoms with Crippen LogP contribution in [0.1, 0.15) is 49.8 Å². The number of pyridine rings is 1. The quantitative estimate of drug-likeness (QED) is 0.655. The highest BCUT2D eigenvalue weighted by atomic mass is 15.3. The van der Waals surface area contributed by atoms with E-state index in [1.807, 2.05) is 12.4 Å². The fourth-order valence-corrected chi connectivity index (χ4v) is 3.79. The largest absolute Gasteiger partial charge is 0.302 e. The Kier molecular flexibility index (Phi) is 4.78. The van der Waals surface area contributed by atoms with Gasteiger partial charge in [0.1, 0.15) is 0 Å². The zero-order valence-corrected chi connectivity index (χ0v) is 13.2. The summed E-state index contributed by atoms with van der Waals surface area (Å²) in [5, 5.41) is 0.